The SMILES string of the molecule is Cn1nc(C(=O)NCCN2CCOCC2)cc1-c1csc2ccccc12. The highest BCUT2D eigenvalue weighted by molar-refractivity contribution is 7.17. The van der Waals surface area contributed by atoms with Crippen LogP contribution in [0.4, 0.5) is 0 Å². The van der Waals surface area contributed by atoms with E-state index in [2.05, 4.69) is 32.8 Å². The number of nitrogens with zero attached hydrogens (tertiary/aromatic N) is 3. The first-order valence-corrected chi connectivity index (χ1v) is 9.69. The van der Waals surface area contributed by atoms with Crippen molar-refractivity contribution in [2.45, 2.75) is 0 Å². The van der Waals surface area contributed by atoms with Crippen LogP contribution < -0.4 is 5.32 Å². The number of morpholine rings is 1. The number of carbonyl (C=O) groups excluding carboxylic acids is 1. The van der Waals surface area contributed by atoms with E-state index in [0.29, 0.717) is 12.2 Å². The summed E-state index contributed by atoms with van der Waals surface area (Å²) in [5, 5.41) is 10.7. The zero-order valence-electron chi connectivity index (χ0n) is 14.8. The molecule has 0 aliphatic carbocycles. The van der Waals surface area contributed by atoms with Crippen molar-refractivity contribution in [1.82, 2.24) is 20.0 Å². The Morgan fingerprint density at radius 3 is 2.96 bits per heavy atom. The molecule has 6 nitrogen and oxygen atoms in total. The van der Waals surface area contributed by atoms with Gasteiger partial charge in [-0.15, -0.1) is 11.3 Å². The molecule has 136 valence electrons. The van der Waals surface area contributed by atoms with Crippen LogP contribution >= 0.6 is 11.3 Å². The van der Waals surface area contributed by atoms with Gasteiger partial charge in [-0.1, -0.05) is 18.2 Å². The number of fused-ring (bicyclic) bond motifs is 1. The van der Waals surface area contributed by atoms with Gasteiger partial charge in [-0.05, 0) is 12.1 Å². The van der Waals surface area contributed by atoms with Crippen molar-refractivity contribution >= 4 is 27.3 Å². The van der Waals surface area contributed by atoms with Crippen LogP contribution in [-0.2, 0) is 11.8 Å². The highest BCUT2D eigenvalue weighted by atomic mass is 32.1. The second kappa shape index (κ2) is 7.57. The number of aryl methyl sites for hydroxylation is 1. The first-order chi connectivity index (χ1) is 12.7. The van der Waals surface area contributed by atoms with Gasteiger partial charge in [0.25, 0.3) is 5.91 Å². The zero-order valence-corrected chi connectivity index (χ0v) is 15.6. The number of benzene rings is 1. The average Bonchev–Trinajstić information content (AvgIpc) is 3.26. The topological polar surface area (TPSA) is 59.4 Å². The smallest absolute Gasteiger partial charge is 0.271 e. The summed E-state index contributed by atoms with van der Waals surface area (Å²) in [5.74, 6) is -0.125. The third-order valence-electron chi connectivity index (χ3n) is 4.69. The second-order valence-corrected chi connectivity index (χ2v) is 7.31. The molecule has 1 saturated heterocycles. The lowest BCUT2D eigenvalue weighted by Crippen LogP contribution is -2.41. The number of aromatic nitrogens is 2. The minimum Gasteiger partial charge on any atom is -0.379 e. The molecule has 3 aromatic rings. The lowest BCUT2D eigenvalue weighted by atomic mass is 10.1. The Morgan fingerprint density at radius 1 is 1.31 bits per heavy atom. The molecule has 0 spiro atoms. The van der Waals surface area contributed by atoms with Crippen LogP contribution in [0.2, 0.25) is 0 Å². The van der Waals surface area contributed by atoms with Gasteiger partial charge < -0.3 is 10.1 Å². The van der Waals surface area contributed by atoms with Crippen LogP contribution in [0.1, 0.15) is 10.5 Å². The summed E-state index contributed by atoms with van der Waals surface area (Å²) in [7, 11) is 1.88. The summed E-state index contributed by atoms with van der Waals surface area (Å²) >= 11 is 1.71. The highest BCUT2D eigenvalue weighted by Crippen LogP contribution is 2.33. The van der Waals surface area contributed by atoms with Crippen LogP contribution in [0.25, 0.3) is 21.3 Å². The molecule has 1 fully saturated rings. The standard InChI is InChI=1S/C19H22N4O2S/c1-22-17(15-13-26-18-5-3-2-4-14(15)18)12-16(21-22)19(24)20-6-7-23-8-10-25-11-9-23/h2-5,12-13H,6-11H2,1H3,(H,20,24). The number of rotatable bonds is 5. The molecule has 0 bridgehead atoms. The fourth-order valence-corrected chi connectivity index (χ4v) is 4.20. The third kappa shape index (κ3) is 3.51. The van der Waals surface area contributed by atoms with E-state index in [-0.39, 0.29) is 5.91 Å². The monoisotopic (exact) mass is 370 g/mol. The van der Waals surface area contributed by atoms with Crippen LogP contribution in [0.5, 0.6) is 0 Å². The highest BCUT2D eigenvalue weighted by Gasteiger charge is 2.17. The fourth-order valence-electron chi connectivity index (χ4n) is 3.25. The van der Waals surface area contributed by atoms with Gasteiger partial charge in [-0.2, -0.15) is 5.10 Å². The predicted molar refractivity (Wildman–Crippen MR) is 104 cm³/mol. The number of thiophene rings is 1. The maximum absolute atomic E-state index is 12.5. The van der Waals surface area contributed by atoms with Gasteiger partial charge in [-0.3, -0.25) is 14.4 Å². The van der Waals surface area contributed by atoms with E-state index in [4.69, 9.17) is 4.74 Å². The van der Waals surface area contributed by atoms with Gasteiger partial charge in [0.15, 0.2) is 5.69 Å². The number of ether oxygens (including phenoxy) is 1. The summed E-state index contributed by atoms with van der Waals surface area (Å²) in [6, 6.07) is 10.2. The van der Waals surface area contributed by atoms with Crippen molar-refractivity contribution in [2.24, 2.45) is 7.05 Å². The number of amides is 1. The Bertz CT molecular complexity index is 911. The van der Waals surface area contributed by atoms with Crippen molar-refractivity contribution in [2.75, 3.05) is 39.4 Å². The summed E-state index contributed by atoms with van der Waals surface area (Å²) in [4.78, 5) is 14.8. The molecule has 3 heterocycles. The second-order valence-electron chi connectivity index (χ2n) is 6.39. The Kier molecular flexibility index (Phi) is 5.01. The number of hydrogen-bond donors (Lipinski definition) is 1. The summed E-state index contributed by atoms with van der Waals surface area (Å²) in [6.45, 7) is 4.85. The minimum atomic E-state index is -0.125. The molecule has 1 N–H and O–H groups in total. The number of carbonyl (C=O) groups is 1. The molecule has 1 aliphatic heterocycles. The Balaban J connectivity index is 1.45. The summed E-state index contributed by atoms with van der Waals surface area (Å²) in [5.41, 5.74) is 2.54. The van der Waals surface area contributed by atoms with Gasteiger partial charge in [0.2, 0.25) is 0 Å². The van der Waals surface area contributed by atoms with Crippen molar-refractivity contribution in [3.05, 3.63) is 41.4 Å². The molecule has 1 amide bonds. The van der Waals surface area contributed by atoms with E-state index >= 15 is 0 Å². The maximum atomic E-state index is 12.5. The quantitative estimate of drug-likeness (QED) is 0.749. The van der Waals surface area contributed by atoms with Gasteiger partial charge in [0.1, 0.15) is 0 Å². The largest absolute Gasteiger partial charge is 0.379 e. The summed E-state index contributed by atoms with van der Waals surface area (Å²) in [6.07, 6.45) is 0. The minimum absolute atomic E-state index is 0.125. The van der Waals surface area contributed by atoms with Crippen molar-refractivity contribution in [1.29, 1.82) is 0 Å². The molecule has 4 rings (SSSR count). The molecular weight excluding hydrogens is 348 g/mol. The molecule has 0 atom stereocenters. The van der Waals surface area contributed by atoms with Crippen LogP contribution in [0, 0.1) is 0 Å². The molecule has 0 saturated carbocycles. The van der Waals surface area contributed by atoms with Crippen LogP contribution in [0.15, 0.2) is 35.7 Å². The zero-order chi connectivity index (χ0) is 17.9. The molecule has 7 heteroatoms. The van der Waals surface area contributed by atoms with Gasteiger partial charge in [0.05, 0.1) is 18.9 Å². The van der Waals surface area contributed by atoms with E-state index in [1.54, 1.807) is 16.0 Å². The first-order valence-electron chi connectivity index (χ1n) is 8.81. The molecule has 0 radical (unpaired) electrons. The van der Waals surface area contributed by atoms with Crippen LogP contribution in [0.3, 0.4) is 0 Å². The third-order valence-corrected chi connectivity index (χ3v) is 5.65. The van der Waals surface area contributed by atoms with E-state index < -0.39 is 0 Å². The predicted octanol–water partition coefficient (Wildman–Crippen LogP) is 2.36. The van der Waals surface area contributed by atoms with Crippen LogP contribution in [-0.4, -0.2) is 60.0 Å². The lowest BCUT2D eigenvalue weighted by molar-refractivity contribution is 0.0383. The number of nitrogens with one attached hydrogen (secondary N) is 1. The average molecular weight is 370 g/mol. The Hall–Kier alpha value is -2.22. The first kappa shape index (κ1) is 17.2. The van der Waals surface area contributed by atoms with Crippen molar-refractivity contribution in [3.63, 3.8) is 0 Å². The van der Waals surface area contributed by atoms with Gasteiger partial charge >= 0.3 is 0 Å². The molecule has 0 unspecified atom stereocenters. The molecule has 2 aromatic heterocycles. The Labute approximate surface area is 156 Å². The molecule has 26 heavy (non-hydrogen) atoms. The van der Waals surface area contributed by atoms with Crippen molar-refractivity contribution < 1.29 is 9.53 Å². The van der Waals surface area contributed by atoms with E-state index in [1.165, 1.54) is 10.1 Å². The normalized spacial score (nSPS) is 15.4. The molecular formula is C19H22N4O2S. The number of hydrogen-bond acceptors (Lipinski definition) is 5. The van der Waals surface area contributed by atoms with Crippen molar-refractivity contribution in [3.8, 4) is 11.3 Å². The Morgan fingerprint density at radius 2 is 2.12 bits per heavy atom. The van der Waals surface area contributed by atoms with Gasteiger partial charge in [0, 0.05) is 54.3 Å². The molecule has 1 aliphatic rings. The van der Waals surface area contributed by atoms with E-state index in [0.717, 1.165) is 44.1 Å². The summed E-state index contributed by atoms with van der Waals surface area (Å²) < 4.78 is 8.36. The lowest BCUT2D eigenvalue weighted by Gasteiger charge is -2.26. The maximum Gasteiger partial charge on any atom is 0.271 e. The van der Waals surface area contributed by atoms with E-state index in [9.17, 15) is 4.79 Å². The molecule has 1 aromatic carbocycles. The van der Waals surface area contributed by atoms with Gasteiger partial charge in [-0.25, -0.2) is 0 Å². The fraction of sp³-hybridized carbons (Fsp3) is 0.368. The van der Waals surface area contributed by atoms with E-state index in [1.807, 2.05) is 25.2 Å².